The van der Waals surface area contributed by atoms with Gasteiger partial charge in [0, 0.05) is 12.1 Å². The summed E-state index contributed by atoms with van der Waals surface area (Å²) in [6.45, 7) is 18.5. The van der Waals surface area contributed by atoms with Gasteiger partial charge in [-0.2, -0.15) is 0 Å². The van der Waals surface area contributed by atoms with Crippen molar-refractivity contribution in [3.05, 3.63) is 34.9 Å². The molecule has 1 aromatic carbocycles. The molecule has 0 aliphatic carbocycles. The molecule has 0 heterocycles. The van der Waals surface area contributed by atoms with Gasteiger partial charge in [0.2, 0.25) is 11.8 Å². The van der Waals surface area contributed by atoms with E-state index in [1.165, 1.54) is 0 Å². The molecule has 0 bridgehead atoms. The van der Waals surface area contributed by atoms with Gasteiger partial charge in [0.15, 0.2) is 0 Å². The molecule has 2 N–H and O–H groups in total. The molecule has 7 nitrogen and oxygen atoms in total. The summed E-state index contributed by atoms with van der Waals surface area (Å²) in [6, 6.07) is 3.82. The van der Waals surface area contributed by atoms with Crippen molar-refractivity contribution in [2.75, 3.05) is 0 Å². The molecule has 0 aromatic heterocycles. The van der Waals surface area contributed by atoms with Crippen molar-refractivity contribution in [1.29, 1.82) is 0 Å². The summed E-state index contributed by atoms with van der Waals surface area (Å²) < 4.78 is 5.30. The van der Waals surface area contributed by atoms with E-state index >= 15 is 0 Å². The van der Waals surface area contributed by atoms with Gasteiger partial charge in [-0.1, -0.05) is 25.1 Å². The molecule has 1 aromatic rings. The molecule has 0 fully saturated rings. The molecule has 3 amide bonds. The fraction of sp³-hybridized carbons (Fsp3) is 0.640. The maximum Gasteiger partial charge on any atom is 0.408 e. The molecule has 32 heavy (non-hydrogen) atoms. The topological polar surface area (TPSA) is 87.7 Å². The Hall–Kier alpha value is -2.57. The summed E-state index contributed by atoms with van der Waals surface area (Å²) in [5.41, 5.74) is 2.21. The van der Waals surface area contributed by atoms with Crippen LogP contribution in [-0.4, -0.2) is 46.5 Å². The molecule has 0 aliphatic rings. The molecular formula is C25H41N3O4. The molecule has 0 radical (unpaired) electrons. The highest BCUT2D eigenvalue weighted by molar-refractivity contribution is 5.92. The summed E-state index contributed by atoms with van der Waals surface area (Å²) >= 11 is 0. The molecule has 0 aliphatic heterocycles. The van der Waals surface area contributed by atoms with Crippen LogP contribution in [0.3, 0.4) is 0 Å². The van der Waals surface area contributed by atoms with Gasteiger partial charge in [-0.15, -0.1) is 0 Å². The first-order chi connectivity index (χ1) is 14.7. The maximum atomic E-state index is 13.6. The lowest BCUT2D eigenvalue weighted by atomic mass is 9.96. The summed E-state index contributed by atoms with van der Waals surface area (Å²) in [7, 11) is 0. The average Bonchev–Trinajstić information content (AvgIpc) is 2.64. The van der Waals surface area contributed by atoms with Gasteiger partial charge in [0.1, 0.15) is 17.7 Å². The number of rotatable bonds is 8. The number of aryl methyl sites for hydroxylation is 2. The molecular weight excluding hydrogens is 406 g/mol. The third kappa shape index (κ3) is 7.84. The van der Waals surface area contributed by atoms with E-state index in [1.54, 1.807) is 32.6 Å². The van der Waals surface area contributed by atoms with E-state index in [-0.39, 0.29) is 23.9 Å². The number of alkyl carbamates (subject to hydrolysis) is 1. The maximum absolute atomic E-state index is 13.6. The van der Waals surface area contributed by atoms with Crippen LogP contribution in [-0.2, 0) is 14.3 Å². The standard InChI is InChI=1S/C25H41N3O4/c1-11-18(6)28(23(30)19(7)27-24(31)32-25(8,9)10)21(22(29)26-15(2)3)20-13-12-16(4)17(5)14-20/h12-15,18-19,21H,11H2,1-10H3,(H,26,29)(H,27,31). The summed E-state index contributed by atoms with van der Waals surface area (Å²) in [4.78, 5) is 40.7. The second-order valence-electron chi connectivity index (χ2n) is 9.78. The minimum absolute atomic E-state index is 0.0808. The van der Waals surface area contributed by atoms with Crippen LogP contribution < -0.4 is 10.6 Å². The Kier molecular flexibility index (Phi) is 9.73. The summed E-state index contributed by atoms with van der Waals surface area (Å²) in [5.74, 6) is -0.589. The van der Waals surface area contributed by atoms with Gasteiger partial charge in [-0.25, -0.2) is 4.79 Å². The lowest BCUT2D eigenvalue weighted by Crippen LogP contribution is -2.55. The highest BCUT2D eigenvalue weighted by Crippen LogP contribution is 2.28. The zero-order chi connectivity index (χ0) is 24.8. The second kappa shape index (κ2) is 11.3. The van der Waals surface area contributed by atoms with Crippen molar-refractivity contribution in [2.24, 2.45) is 0 Å². The van der Waals surface area contributed by atoms with Crippen molar-refractivity contribution in [1.82, 2.24) is 15.5 Å². The lowest BCUT2D eigenvalue weighted by molar-refractivity contribution is -0.145. The molecule has 3 atom stereocenters. The Morgan fingerprint density at radius 3 is 2.06 bits per heavy atom. The Bertz CT molecular complexity index is 814. The third-order valence-corrected chi connectivity index (χ3v) is 5.23. The van der Waals surface area contributed by atoms with Crippen LogP contribution in [0, 0.1) is 13.8 Å². The first kappa shape index (κ1) is 27.5. The Morgan fingerprint density at radius 2 is 1.59 bits per heavy atom. The van der Waals surface area contributed by atoms with Crippen LogP contribution in [0.5, 0.6) is 0 Å². The largest absolute Gasteiger partial charge is 0.444 e. The van der Waals surface area contributed by atoms with Gasteiger partial charge in [-0.05, 0) is 85.4 Å². The predicted octanol–water partition coefficient (Wildman–Crippen LogP) is 4.41. The SMILES string of the molecule is CCC(C)N(C(=O)C(C)NC(=O)OC(C)(C)C)C(C(=O)NC(C)C)c1ccc(C)c(C)c1. The summed E-state index contributed by atoms with van der Waals surface area (Å²) in [5, 5.41) is 5.57. The predicted molar refractivity (Wildman–Crippen MR) is 127 cm³/mol. The van der Waals surface area contributed by atoms with Gasteiger partial charge < -0.3 is 20.3 Å². The smallest absolute Gasteiger partial charge is 0.408 e. The molecule has 3 unspecified atom stereocenters. The van der Waals surface area contributed by atoms with Crippen LogP contribution in [0.25, 0.3) is 0 Å². The number of nitrogens with one attached hydrogen (secondary N) is 2. The van der Waals surface area contributed by atoms with Crippen LogP contribution >= 0.6 is 0 Å². The Morgan fingerprint density at radius 1 is 1.00 bits per heavy atom. The minimum atomic E-state index is -0.861. The molecule has 1 rings (SSSR count). The molecule has 7 heteroatoms. The third-order valence-electron chi connectivity index (χ3n) is 5.23. The molecule has 0 saturated carbocycles. The molecule has 0 saturated heterocycles. The van der Waals surface area contributed by atoms with E-state index in [0.29, 0.717) is 6.42 Å². The van der Waals surface area contributed by atoms with Crippen LogP contribution in [0.4, 0.5) is 4.79 Å². The van der Waals surface area contributed by atoms with E-state index in [2.05, 4.69) is 10.6 Å². The van der Waals surface area contributed by atoms with Crippen molar-refractivity contribution >= 4 is 17.9 Å². The summed E-state index contributed by atoms with van der Waals surface area (Å²) in [6.07, 6.45) is -0.0156. The van der Waals surface area contributed by atoms with Gasteiger partial charge in [0.05, 0.1) is 0 Å². The number of nitrogens with zero attached hydrogens (tertiary/aromatic N) is 1. The first-order valence-electron chi connectivity index (χ1n) is 11.4. The van der Waals surface area contributed by atoms with Crippen LogP contribution in [0.15, 0.2) is 18.2 Å². The zero-order valence-corrected chi connectivity index (χ0v) is 21.3. The van der Waals surface area contributed by atoms with Crippen molar-refractivity contribution in [3.8, 4) is 0 Å². The number of carbonyl (C=O) groups excluding carboxylic acids is 3. The number of hydrogen-bond donors (Lipinski definition) is 2. The quantitative estimate of drug-likeness (QED) is 0.618. The number of carbonyl (C=O) groups is 3. The fourth-order valence-corrected chi connectivity index (χ4v) is 3.30. The number of ether oxygens (including phenoxy) is 1. The molecule has 0 spiro atoms. The minimum Gasteiger partial charge on any atom is -0.444 e. The van der Waals surface area contributed by atoms with Crippen molar-refractivity contribution in [3.63, 3.8) is 0 Å². The van der Waals surface area contributed by atoms with E-state index in [9.17, 15) is 14.4 Å². The fourth-order valence-electron chi connectivity index (χ4n) is 3.30. The highest BCUT2D eigenvalue weighted by Gasteiger charge is 2.37. The lowest BCUT2D eigenvalue weighted by Gasteiger charge is -2.38. The van der Waals surface area contributed by atoms with E-state index in [4.69, 9.17) is 4.74 Å². The van der Waals surface area contributed by atoms with E-state index in [0.717, 1.165) is 16.7 Å². The normalized spacial score (nSPS) is 14.3. The van der Waals surface area contributed by atoms with Crippen molar-refractivity contribution in [2.45, 2.75) is 105 Å². The van der Waals surface area contributed by atoms with Gasteiger partial charge in [-0.3, -0.25) is 9.59 Å². The van der Waals surface area contributed by atoms with E-state index < -0.39 is 23.8 Å². The van der Waals surface area contributed by atoms with Crippen molar-refractivity contribution < 1.29 is 19.1 Å². The average molecular weight is 448 g/mol. The monoisotopic (exact) mass is 447 g/mol. The Balaban J connectivity index is 3.39. The zero-order valence-electron chi connectivity index (χ0n) is 21.3. The van der Waals surface area contributed by atoms with Crippen LogP contribution in [0.2, 0.25) is 0 Å². The second-order valence-corrected chi connectivity index (χ2v) is 9.78. The highest BCUT2D eigenvalue weighted by atomic mass is 16.6. The molecule has 180 valence electrons. The van der Waals surface area contributed by atoms with Gasteiger partial charge in [0.25, 0.3) is 0 Å². The number of hydrogen-bond acceptors (Lipinski definition) is 4. The first-order valence-corrected chi connectivity index (χ1v) is 11.4. The van der Waals surface area contributed by atoms with Gasteiger partial charge >= 0.3 is 6.09 Å². The number of benzene rings is 1. The van der Waals surface area contributed by atoms with E-state index in [1.807, 2.05) is 59.7 Å². The Labute approximate surface area is 193 Å². The van der Waals surface area contributed by atoms with Crippen LogP contribution in [0.1, 0.15) is 84.5 Å². The number of amides is 3.